The van der Waals surface area contributed by atoms with E-state index in [-0.39, 0.29) is 6.10 Å². The van der Waals surface area contributed by atoms with Crippen molar-refractivity contribution in [1.82, 2.24) is 0 Å². The Bertz CT molecular complexity index is 332. The molecule has 0 aromatic rings. The Kier molecular flexibility index (Phi) is 14.7. The molecule has 0 aliphatic carbocycles. The Balaban J connectivity index is 3.66. The maximum absolute atomic E-state index is 9.68. The molecule has 1 heteroatoms. The third-order valence-electron chi connectivity index (χ3n) is 2.69. The standard InChI is InChI=1S/C19H30O/c1-3-5-7-9-10-11-12-13-14-16-18-19(20)17-15-8-6-4-2/h5,7-8,10-11,13-16,18-20H,3-4,6,9,12,17H2,1-2H3/b7-5-,11-10-,14-13-,15-8-,18-16+/t19-/m0/s1. The molecule has 0 saturated heterocycles. The summed E-state index contributed by atoms with van der Waals surface area (Å²) in [6.45, 7) is 4.29. The molecule has 1 atom stereocenters. The first kappa shape index (κ1) is 18.7. The summed E-state index contributed by atoms with van der Waals surface area (Å²) >= 11 is 0. The highest BCUT2D eigenvalue weighted by molar-refractivity contribution is 5.08. The zero-order valence-electron chi connectivity index (χ0n) is 13.0. The molecule has 112 valence electrons. The van der Waals surface area contributed by atoms with E-state index < -0.39 is 0 Å². The van der Waals surface area contributed by atoms with Crippen LogP contribution in [0.4, 0.5) is 0 Å². The summed E-state index contributed by atoms with van der Waals surface area (Å²) in [4.78, 5) is 0. The summed E-state index contributed by atoms with van der Waals surface area (Å²) in [6, 6.07) is 0. The fraction of sp³-hybridized carbons (Fsp3) is 0.474. The van der Waals surface area contributed by atoms with Gasteiger partial charge >= 0.3 is 0 Å². The van der Waals surface area contributed by atoms with Crippen molar-refractivity contribution in [3.05, 3.63) is 60.8 Å². The first-order chi connectivity index (χ1) is 9.81. The van der Waals surface area contributed by atoms with Gasteiger partial charge in [0, 0.05) is 0 Å². The molecule has 0 rings (SSSR count). The van der Waals surface area contributed by atoms with Crippen molar-refractivity contribution in [3.63, 3.8) is 0 Å². The van der Waals surface area contributed by atoms with Crippen LogP contribution >= 0.6 is 0 Å². The van der Waals surface area contributed by atoms with Crippen molar-refractivity contribution in [2.75, 3.05) is 0 Å². The van der Waals surface area contributed by atoms with Crippen LogP contribution in [0.2, 0.25) is 0 Å². The summed E-state index contributed by atoms with van der Waals surface area (Å²) in [5.74, 6) is 0. The Hall–Kier alpha value is -1.34. The molecule has 0 spiro atoms. The van der Waals surface area contributed by atoms with Crippen molar-refractivity contribution < 1.29 is 5.11 Å². The average Bonchev–Trinajstić information content (AvgIpc) is 2.45. The first-order valence-corrected chi connectivity index (χ1v) is 7.77. The summed E-state index contributed by atoms with van der Waals surface area (Å²) in [5.41, 5.74) is 0. The van der Waals surface area contributed by atoms with Crippen molar-refractivity contribution in [3.8, 4) is 0 Å². The van der Waals surface area contributed by atoms with Gasteiger partial charge in [-0.3, -0.25) is 0 Å². The van der Waals surface area contributed by atoms with E-state index >= 15 is 0 Å². The van der Waals surface area contributed by atoms with E-state index in [1.807, 2.05) is 18.2 Å². The molecule has 0 radical (unpaired) electrons. The van der Waals surface area contributed by atoms with Crippen LogP contribution < -0.4 is 0 Å². The third kappa shape index (κ3) is 14.7. The van der Waals surface area contributed by atoms with Gasteiger partial charge in [-0.05, 0) is 32.1 Å². The van der Waals surface area contributed by atoms with E-state index in [2.05, 4.69) is 56.4 Å². The van der Waals surface area contributed by atoms with E-state index in [0.717, 1.165) is 32.1 Å². The molecule has 0 amide bonds. The predicted molar refractivity (Wildman–Crippen MR) is 90.8 cm³/mol. The van der Waals surface area contributed by atoms with Crippen molar-refractivity contribution >= 4 is 0 Å². The number of hydrogen-bond donors (Lipinski definition) is 1. The van der Waals surface area contributed by atoms with Crippen molar-refractivity contribution in [1.29, 1.82) is 0 Å². The topological polar surface area (TPSA) is 20.2 Å². The number of unbranched alkanes of at least 4 members (excludes halogenated alkanes) is 1. The lowest BCUT2D eigenvalue weighted by atomic mass is 10.2. The number of aliphatic hydroxyl groups excluding tert-OH is 1. The average molecular weight is 274 g/mol. The van der Waals surface area contributed by atoms with Gasteiger partial charge < -0.3 is 5.11 Å². The second-order valence-electron chi connectivity index (χ2n) is 4.70. The minimum Gasteiger partial charge on any atom is -0.389 e. The van der Waals surface area contributed by atoms with E-state index in [4.69, 9.17) is 0 Å². The van der Waals surface area contributed by atoms with Gasteiger partial charge in [0.25, 0.3) is 0 Å². The van der Waals surface area contributed by atoms with Crippen LogP contribution in [0, 0.1) is 0 Å². The molecular weight excluding hydrogens is 244 g/mol. The molecule has 0 fully saturated rings. The minimum absolute atomic E-state index is 0.373. The SMILES string of the molecule is CC/C=C\C/C=C\C/C=C\C=C\[C@@H](O)C/C=C\CCC. The monoisotopic (exact) mass is 274 g/mol. The Labute approximate surface area is 125 Å². The maximum atomic E-state index is 9.68. The maximum Gasteiger partial charge on any atom is 0.0758 e. The van der Waals surface area contributed by atoms with Gasteiger partial charge in [-0.15, -0.1) is 0 Å². The number of allylic oxidation sites excluding steroid dienone is 8. The van der Waals surface area contributed by atoms with Gasteiger partial charge in [0.2, 0.25) is 0 Å². The number of aliphatic hydroxyl groups is 1. The second-order valence-corrected chi connectivity index (χ2v) is 4.70. The second kappa shape index (κ2) is 15.7. The molecule has 20 heavy (non-hydrogen) atoms. The zero-order chi connectivity index (χ0) is 14.9. The normalized spacial score (nSPS) is 14.8. The lowest BCUT2D eigenvalue weighted by molar-refractivity contribution is 0.227. The van der Waals surface area contributed by atoms with Crippen molar-refractivity contribution in [2.45, 2.75) is 58.5 Å². The van der Waals surface area contributed by atoms with E-state index in [0.29, 0.717) is 6.42 Å². The van der Waals surface area contributed by atoms with Gasteiger partial charge in [0.05, 0.1) is 6.10 Å². The van der Waals surface area contributed by atoms with Crippen LogP contribution in [0.15, 0.2) is 60.8 Å². The summed E-state index contributed by atoms with van der Waals surface area (Å²) in [5, 5.41) is 9.68. The van der Waals surface area contributed by atoms with Crippen LogP contribution in [0.5, 0.6) is 0 Å². The predicted octanol–water partition coefficient (Wildman–Crippen LogP) is 5.51. The van der Waals surface area contributed by atoms with Crippen LogP contribution in [-0.2, 0) is 0 Å². The fourth-order valence-corrected chi connectivity index (χ4v) is 1.56. The van der Waals surface area contributed by atoms with E-state index in [1.165, 1.54) is 0 Å². The Morgan fingerprint density at radius 3 is 2.20 bits per heavy atom. The molecule has 1 N–H and O–H groups in total. The van der Waals surface area contributed by atoms with E-state index in [1.54, 1.807) is 0 Å². The first-order valence-electron chi connectivity index (χ1n) is 7.77. The molecule has 0 aliphatic rings. The van der Waals surface area contributed by atoms with E-state index in [9.17, 15) is 5.11 Å². The van der Waals surface area contributed by atoms with Gasteiger partial charge in [-0.25, -0.2) is 0 Å². The quantitative estimate of drug-likeness (QED) is 0.389. The minimum atomic E-state index is -0.373. The summed E-state index contributed by atoms with van der Waals surface area (Å²) < 4.78 is 0. The molecule has 0 aromatic carbocycles. The summed E-state index contributed by atoms with van der Waals surface area (Å²) in [6.07, 6.45) is 26.4. The van der Waals surface area contributed by atoms with Crippen LogP contribution in [0.3, 0.4) is 0 Å². The van der Waals surface area contributed by atoms with Crippen LogP contribution in [-0.4, -0.2) is 11.2 Å². The third-order valence-corrected chi connectivity index (χ3v) is 2.69. The van der Waals surface area contributed by atoms with Gasteiger partial charge in [0.15, 0.2) is 0 Å². The molecule has 0 bridgehead atoms. The van der Waals surface area contributed by atoms with Gasteiger partial charge in [-0.2, -0.15) is 0 Å². The lowest BCUT2D eigenvalue weighted by Gasteiger charge is -1.98. The molecule has 0 heterocycles. The Morgan fingerprint density at radius 2 is 1.50 bits per heavy atom. The highest BCUT2D eigenvalue weighted by Crippen LogP contribution is 1.98. The number of hydrogen-bond acceptors (Lipinski definition) is 1. The summed E-state index contributed by atoms with van der Waals surface area (Å²) in [7, 11) is 0. The fourth-order valence-electron chi connectivity index (χ4n) is 1.56. The van der Waals surface area contributed by atoms with Crippen LogP contribution in [0.25, 0.3) is 0 Å². The Morgan fingerprint density at radius 1 is 0.800 bits per heavy atom. The smallest absolute Gasteiger partial charge is 0.0758 e. The van der Waals surface area contributed by atoms with Gasteiger partial charge in [0.1, 0.15) is 0 Å². The molecule has 1 nitrogen and oxygen atoms in total. The van der Waals surface area contributed by atoms with Crippen LogP contribution in [0.1, 0.15) is 52.4 Å². The largest absolute Gasteiger partial charge is 0.389 e. The lowest BCUT2D eigenvalue weighted by Crippen LogP contribution is -1.98. The highest BCUT2D eigenvalue weighted by Gasteiger charge is 1.92. The van der Waals surface area contributed by atoms with Crippen molar-refractivity contribution in [2.24, 2.45) is 0 Å². The molecule has 0 saturated carbocycles. The van der Waals surface area contributed by atoms with Gasteiger partial charge in [-0.1, -0.05) is 81.0 Å². The molecule has 0 aromatic heterocycles. The number of rotatable bonds is 11. The molecule has 0 aliphatic heterocycles. The highest BCUT2D eigenvalue weighted by atomic mass is 16.3. The molecular formula is C19H30O. The zero-order valence-corrected chi connectivity index (χ0v) is 13.0. The molecule has 0 unspecified atom stereocenters.